The number of ketones is 1. The summed E-state index contributed by atoms with van der Waals surface area (Å²) in [5, 5.41) is 0. The zero-order valence-corrected chi connectivity index (χ0v) is 10.8. The van der Waals surface area contributed by atoms with Gasteiger partial charge in [-0.05, 0) is 61.7 Å². The van der Waals surface area contributed by atoms with Crippen LogP contribution in [0.15, 0.2) is 23.8 Å². The lowest BCUT2D eigenvalue weighted by Gasteiger charge is -2.46. The van der Waals surface area contributed by atoms with Gasteiger partial charge in [0.1, 0.15) is 5.78 Å². The second-order valence-corrected chi connectivity index (χ2v) is 7.26. The van der Waals surface area contributed by atoms with Crippen molar-refractivity contribution in [2.24, 2.45) is 35.0 Å². The molecule has 0 aliphatic heterocycles. The molecule has 5 aliphatic carbocycles. The SMILES string of the molecule is O=C1CC2C3=CC=CC3CCC2C2CCC3CC132. The van der Waals surface area contributed by atoms with E-state index < -0.39 is 0 Å². The van der Waals surface area contributed by atoms with Gasteiger partial charge >= 0.3 is 0 Å². The van der Waals surface area contributed by atoms with E-state index in [9.17, 15) is 4.79 Å². The summed E-state index contributed by atoms with van der Waals surface area (Å²) in [6.45, 7) is 0. The van der Waals surface area contributed by atoms with Crippen LogP contribution in [0.1, 0.15) is 38.5 Å². The van der Waals surface area contributed by atoms with Gasteiger partial charge in [0.25, 0.3) is 0 Å². The van der Waals surface area contributed by atoms with Crippen LogP contribution in [0.4, 0.5) is 0 Å². The quantitative estimate of drug-likeness (QED) is 0.633. The summed E-state index contributed by atoms with van der Waals surface area (Å²) < 4.78 is 0. The van der Waals surface area contributed by atoms with Crippen LogP contribution in [-0.2, 0) is 4.79 Å². The third-order valence-electron chi connectivity index (χ3n) is 6.90. The summed E-state index contributed by atoms with van der Waals surface area (Å²) in [7, 11) is 0. The van der Waals surface area contributed by atoms with Gasteiger partial charge in [0.05, 0.1) is 0 Å². The number of Topliss-reactive ketones (excluding diaryl/α,β-unsaturated/α-hetero) is 1. The maximum absolute atomic E-state index is 12.6. The average Bonchev–Trinajstić information content (AvgIpc) is 2.75. The summed E-state index contributed by atoms with van der Waals surface area (Å²) in [5.74, 6) is 4.34. The number of hydrogen-bond donors (Lipinski definition) is 0. The molecule has 6 unspecified atom stereocenters. The molecule has 0 heterocycles. The molecule has 5 aliphatic rings. The molecule has 1 spiro atoms. The standard InChI is InChI=1S/C17H20O/c18-16-8-14-12-3-1-2-10(12)4-6-13(14)15-7-5-11-9-17(11,15)16/h1-3,10-11,13-15H,4-9H2. The summed E-state index contributed by atoms with van der Waals surface area (Å²) in [6.07, 6.45) is 14.5. The fraction of sp³-hybridized carbons (Fsp3) is 0.706. The van der Waals surface area contributed by atoms with E-state index in [2.05, 4.69) is 18.2 Å². The molecule has 5 rings (SSSR count). The Balaban J connectivity index is 1.56. The largest absolute Gasteiger partial charge is 0.299 e. The Kier molecular flexibility index (Phi) is 1.67. The third-order valence-corrected chi connectivity index (χ3v) is 6.90. The van der Waals surface area contributed by atoms with Gasteiger partial charge in [-0.3, -0.25) is 4.79 Å². The minimum Gasteiger partial charge on any atom is -0.299 e. The maximum Gasteiger partial charge on any atom is 0.140 e. The summed E-state index contributed by atoms with van der Waals surface area (Å²) in [5.41, 5.74) is 1.82. The van der Waals surface area contributed by atoms with Crippen molar-refractivity contribution in [1.29, 1.82) is 0 Å². The zero-order valence-electron chi connectivity index (χ0n) is 10.8. The topological polar surface area (TPSA) is 17.1 Å². The second kappa shape index (κ2) is 3.00. The van der Waals surface area contributed by atoms with E-state index in [-0.39, 0.29) is 5.41 Å². The molecule has 0 N–H and O–H groups in total. The molecule has 0 aromatic carbocycles. The Bertz CT molecular complexity index is 500. The van der Waals surface area contributed by atoms with Gasteiger partial charge in [0.15, 0.2) is 0 Å². The van der Waals surface area contributed by atoms with Crippen LogP contribution in [-0.4, -0.2) is 5.78 Å². The highest BCUT2D eigenvalue weighted by Gasteiger charge is 2.71. The monoisotopic (exact) mass is 240 g/mol. The van der Waals surface area contributed by atoms with E-state index in [0.717, 1.165) is 24.2 Å². The molecule has 0 bridgehead atoms. The molecule has 0 amide bonds. The van der Waals surface area contributed by atoms with E-state index >= 15 is 0 Å². The van der Waals surface area contributed by atoms with Gasteiger partial charge in [-0.25, -0.2) is 0 Å². The lowest BCUT2D eigenvalue weighted by atomic mass is 9.57. The van der Waals surface area contributed by atoms with Crippen molar-refractivity contribution in [3.8, 4) is 0 Å². The molecule has 0 radical (unpaired) electrons. The average molecular weight is 240 g/mol. The van der Waals surface area contributed by atoms with Crippen LogP contribution in [0.25, 0.3) is 0 Å². The highest BCUT2D eigenvalue weighted by atomic mass is 16.1. The number of hydrogen-bond acceptors (Lipinski definition) is 1. The molecule has 0 aromatic rings. The first-order valence-corrected chi connectivity index (χ1v) is 7.72. The molecule has 6 atom stereocenters. The molecule has 0 saturated heterocycles. The Morgan fingerprint density at radius 3 is 3.00 bits per heavy atom. The van der Waals surface area contributed by atoms with Crippen LogP contribution < -0.4 is 0 Å². The molecule has 1 nitrogen and oxygen atoms in total. The fourth-order valence-corrected chi connectivity index (χ4v) is 6.10. The molecule has 18 heavy (non-hydrogen) atoms. The van der Waals surface area contributed by atoms with Crippen molar-refractivity contribution in [3.05, 3.63) is 23.8 Å². The first-order valence-electron chi connectivity index (χ1n) is 7.72. The van der Waals surface area contributed by atoms with Crippen LogP contribution >= 0.6 is 0 Å². The fourth-order valence-electron chi connectivity index (χ4n) is 6.10. The minimum absolute atomic E-state index is 0.209. The Morgan fingerprint density at radius 2 is 2.11 bits per heavy atom. The van der Waals surface area contributed by atoms with Crippen LogP contribution in [0.2, 0.25) is 0 Å². The molecule has 94 valence electrons. The Hall–Kier alpha value is -0.850. The van der Waals surface area contributed by atoms with Gasteiger partial charge in [-0.1, -0.05) is 23.8 Å². The number of rotatable bonds is 0. The van der Waals surface area contributed by atoms with E-state index in [4.69, 9.17) is 0 Å². The molecular formula is C17H20O. The van der Waals surface area contributed by atoms with E-state index in [1.807, 2.05) is 0 Å². The van der Waals surface area contributed by atoms with E-state index in [0.29, 0.717) is 17.6 Å². The van der Waals surface area contributed by atoms with Crippen LogP contribution in [0.5, 0.6) is 0 Å². The summed E-state index contributed by atoms with van der Waals surface area (Å²) >= 11 is 0. The minimum atomic E-state index is 0.209. The highest BCUT2D eigenvalue weighted by Crippen LogP contribution is 2.73. The van der Waals surface area contributed by atoms with E-state index in [1.165, 1.54) is 32.1 Å². The first-order chi connectivity index (χ1) is 8.80. The highest BCUT2D eigenvalue weighted by molar-refractivity contribution is 5.90. The Morgan fingerprint density at radius 1 is 1.17 bits per heavy atom. The van der Waals surface area contributed by atoms with Crippen molar-refractivity contribution < 1.29 is 4.79 Å². The maximum atomic E-state index is 12.6. The molecule has 4 fully saturated rings. The lowest BCUT2D eigenvalue weighted by Crippen LogP contribution is -2.44. The first kappa shape index (κ1) is 10.00. The smallest absolute Gasteiger partial charge is 0.140 e. The van der Waals surface area contributed by atoms with Crippen molar-refractivity contribution in [2.45, 2.75) is 38.5 Å². The normalized spacial score (nSPS) is 55.4. The predicted molar refractivity (Wildman–Crippen MR) is 69.8 cm³/mol. The molecule has 1 heteroatoms. The van der Waals surface area contributed by atoms with Crippen molar-refractivity contribution in [3.63, 3.8) is 0 Å². The number of allylic oxidation sites excluding steroid dienone is 4. The molecular weight excluding hydrogens is 220 g/mol. The van der Waals surface area contributed by atoms with Crippen LogP contribution in [0.3, 0.4) is 0 Å². The Labute approximate surface area is 108 Å². The number of carbonyl (C=O) groups excluding carboxylic acids is 1. The van der Waals surface area contributed by atoms with Gasteiger partial charge < -0.3 is 0 Å². The third kappa shape index (κ3) is 0.962. The lowest BCUT2D eigenvalue weighted by molar-refractivity contribution is -0.132. The zero-order chi connectivity index (χ0) is 11.9. The van der Waals surface area contributed by atoms with Gasteiger partial charge in [-0.15, -0.1) is 0 Å². The molecule has 0 aromatic heterocycles. The predicted octanol–water partition coefficient (Wildman–Crippen LogP) is 3.51. The van der Waals surface area contributed by atoms with E-state index in [1.54, 1.807) is 5.57 Å². The number of fused-ring (bicyclic) bond motifs is 4. The van der Waals surface area contributed by atoms with Crippen molar-refractivity contribution in [1.82, 2.24) is 0 Å². The van der Waals surface area contributed by atoms with Gasteiger partial charge in [-0.2, -0.15) is 0 Å². The van der Waals surface area contributed by atoms with Crippen molar-refractivity contribution in [2.75, 3.05) is 0 Å². The van der Waals surface area contributed by atoms with Crippen LogP contribution in [0, 0.1) is 35.0 Å². The number of carbonyl (C=O) groups is 1. The molecule has 4 saturated carbocycles. The van der Waals surface area contributed by atoms with Gasteiger partial charge in [0.2, 0.25) is 0 Å². The second-order valence-electron chi connectivity index (χ2n) is 7.26. The van der Waals surface area contributed by atoms with Crippen molar-refractivity contribution >= 4 is 5.78 Å². The van der Waals surface area contributed by atoms with Gasteiger partial charge in [0, 0.05) is 11.8 Å². The summed E-state index contributed by atoms with van der Waals surface area (Å²) in [6, 6.07) is 0. The summed E-state index contributed by atoms with van der Waals surface area (Å²) in [4.78, 5) is 12.6.